The van der Waals surface area contributed by atoms with Gasteiger partial charge in [0.25, 0.3) is 0 Å². The summed E-state index contributed by atoms with van der Waals surface area (Å²) >= 11 is 0. The van der Waals surface area contributed by atoms with E-state index in [1.54, 1.807) is 0 Å². The van der Waals surface area contributed by atoms with Gasteiger partial charge in [0, 0.05) is 58.9 Å². The van der Waals surface area contributed by atoms with Crippen molar-refractivity contribution in [1.29, 1.82) is 0 Å². The second-order valence-corrected chi connectivity index (χ2v) is 7.56. The van der Waals surface area contributed by atoms with Crippen molar-refractivity contribution >= 4 is 35.8 Å². The number of hydrogen-bond acceptors (Lipinski definition) is 3. The normalized spacial score (nSPS) is 15.3. The number of aliphatic imine (C=N–C) groups is 1. The highest BCUT2D eigenvalue weighted by Crippen LogP contribution is 2.21. The molecular formula is C21H33IN6. The van der Waals surface area contributed by atoms with Crippen LogP contribution in [0.1, 0.15) is 31.0 Å². The zero-order chi connectivity index (χ0) is 19.2. The maximum absolute atomic E-state index is 4.68. The molecule has 3 rings (SSSR count). The largest absolute Gasteiger partial charge is 0.357 e. The van der Waals surface area contributed by atoms with Crippen LogP contribution >= 0.6 is 24.0 Å². The van der Waals surface area contributed by atoms with Crippen LogP contribution in [0.5, 0.6) is 0 Å². The van der Waals surface area contributed by atoms with Crippen LogP contribution in [0.25, 0.3) is 0 Å². The van der Waals surface area contributed by atoms with Gasteiger partial charge in [-0.05, 0) is 42.5 Å². The van der Waals surface area contributed by atoms with Gasteiger partial charge in [0.05, 0.1) is 6.54 Å². The molecule has 0 radical (unpaired) electrons. The fourth-order valence-corrected chi connectivity index (χ4v) is 3.49. The fourth-order valence-electron chi connectivity index (χ4n) is 3.49. The molecule has 1 aliphatic rings. The SMILES string of the molecule is CN=C(NCc1ccc(N2CCC(C)CC2)nc1)N(C)Cc1cccn1C.I. The van der Waals surface area contributed by atoms with Gasteiger partial charge in [-0.15, -0.1) is 24.0 Å². The lowest BCUT2D eigenvalue weighted by Gasteiger charge is -2.31. The Bertz CT molecular complexity index is 747. The first kappa shape index (κ1) is 22.5. The fraction of sp³-hybridized carbons (Fsp3) is 0.524. The van der Waals surface area contributed by atoms with Crippen LogP contribution in [0, 0.1) is 5.92 Å². The zero-order valence-corrected chi connectivity index (χ0v) is 19.8. The quantitative estimate of drug-likeness (QED) is 0.391. The van der Waals surface area contributed by atoms with Crippen molar-refractivity contribution in [2.24, 2.45) is 18.0 Å². The summed E-state index contributed by atoms with van der Waals surface area (Å²) in [7, 11) is 5.94. The first-order valence-corrected chi connectivity index (χ1v) is 9.78. The Morgan fingerprint density at radius 2 is 2.04 bits per heavy atom. The van der Waals surface area contributed by atoms with E-state index in [2.05, 4.69) is 81.1 Å². The Balaban J connectivity index is 0.00000280. The van der Waals surface area contributed by atoms with Crippen LogP contribution in [0.2, 0.25) is 0 Å². The van der Waals surface area contributed by atoms with Crippen LogP contribution < -0.4 is 10.2 Å². The number of nitrogens with one attached hydrogen (secondary N) is 1. The molecule has 0 spiro atoms. The molecule has 28 heavy (non-hydrogen) atoms. The molecule has 0 saturated carbocycles. The van der Waals surface area contributed by atoms with Crippen LogP contribution in [0.4, 0.5) is 5.82 Å². The number of hydrogen-bond donors (Lipinski definition) is 1. The van der Waals surface area contributed by atoms with Crippen molar-refractivity contribution in [1.82, 2.24) is 19.8 Å². The minimum atomic E-state index is 0. The lowest BCUT2D eigenvalue weighted by molar-refractivity contribution is 0.436. The molecule has 0 bridgehead atoms. The highest BCUT2D eigenvalue weighted by Gasteiger charge is 2.16. The molecule has 0 amide bonds. The summed E-state index contributed by atoms with van der Waals surface area (Å²) in [5.74, 6) is 2.81. The summed E-state index contributed by atoms with van der Waals surface area (Å²) in [6, 6.07) is 8.50. The van der Waals surface area contributed by atoms with Gasteiger partial charge >= 0.3 is 0 Å². The highest BCUT2D eigenvalue weighted by molar-refractivity contribution is 14.0. The molecule has 2 aromatic rings. The summed E-state index contributed by atoms with van der Waals surface area (Å²) in [5, 5.41) is 3.44. The van der Waals surface area contributed by atoms with Crippen molar-refractivity contribution in [3.8, 4) is 0 Å². The van der Waals surface area contributed by atoms with E-state index in [4.69, 9.17) is 0 Å². The van der Waals surface area contributed by atoms with Gasteiger partial charge in [0.2, 0.25) is 0 Å². The molecule has 6 nitrogen and oxygen atoms in total. The number of aryl methyl sites for hydroxylation is 1. The van der Waals surface area contributed by atoms with E-state index < -0.39 is 0 Å². The van der Waals surface area contributed by atoms with Gasteiger partial charge in [0.1, 0.15) is 5.82 Å². The van der Waals surface area contributed by atoms with E-state index in [9.17, 15) is 0 Å². The number of nitrogens with zero attached hydrogens (tertiary/aromatic N) is 5. The molecule has 0 unspecified atom stereocenters. The van der Waals surface area contributed by atoms with E-state index in [0.717, 1.165) is 42.9 Å². The molecule has 1 aliphatic heterocycles. The van der Waals surface area contributed by atoms with Crippen molar-refractivity contribution in [3.05, 3.63) is 47.9 Å². The second-order valence-electron chi connectivity index (χ2n) is 7.56. The number of rotatable bonds is 5. The molecule has 2 aromatic heterocycles. The van der Waals surface area contributed by atoms with Crippen molar-refractivity contribution in [3.63, 3.8) is 0 Å². The van der Waals surface area contributed by atoms with Gasteiger partial charge in [-0.2, -0.15) is 0 Å². The van der Waals surface area contributed by atoms with Crippen molar-refractivity contribution in [2.75, 3.05) is 32.1 Å². The summed E-state index contributed by atoms with van der Waals surface area (Å²) in [4.78, 5) is 13.6. The Morgan fingerprint density at radius 1 is 1.29 bits per heavy atom. The third-order valence-corrected chi connectivity index (χ3v) is 5.39. The number of piperidine rings is 1. The van der Waals surface area contributed by atoms with Crippen LogP contribution in [-0.4, -0.2) is 47.6 Å². The zero-order valence-electron chi connectivity index (χ0n) is 17.4. The Kier molecular flexibility index (Phi) is 8.59. The van der Waals surface area contributed by atoms with Gasteiger partial charge in [-0.3, -0.25) is 4.99 Å². The minimum absolute atomic E-state index is 0. The molecule has 1 fully saturated rings. The van der Waals surface area contributed by atoms with E-state index >= 15 is 0 Å². The Hall–Kier alpha value is -1.77. The summed E-state index contributed by atoms with van der Waals surface area (Å²) in [6.07, 6.45) is 6.56. The van der Waals surface area contributed by atoms with Crippen molar-refractivity contribution in [2.45, 2.75) is 32.9 Å². The smallest absolute Gasteiger partial charge is 0.194 e. The average molecular weight is 496 g/mol. The number of pyridine rings is 1. The predicted molar refractivity (Wildman–Crippen MR) is 127 cm³/mol. The van der Waals surface area contributed by atoms with E-state index in [1.165, 1.54) is 18.5 Å². The highest BCUT2D eigenvalue weighted by atomic mass is 127. The first-order valence-electron chi connectivity index (χ1n) is 9.78. The molecule has 1 saturated heterocycles. The topological polar surface area (TPSA) is 48.7 Å². The lowest BCUT2D eigenvalue weighted by Crippen LogP contribution is -2.38. The lowest BCUT2D eigenvalue weighted by atomic mass is 9.99. The van der Waals surface area contributed by atoms with Gasteiger partial charge in [-0.25, -0.2) is 4.98 Å². The summed E-state index contributed by atoms with van der Waals surface area (Å²) in [5.41, 5.74) is 2.42. The summed E-state index contributed by atoms with van der Waals surface area (Å²) < 4.78 is 2.13. The van der Waals surface area contributed by atoms with Crippen LogP contribution in [0.3, 0.4) is 0 Å². The molecule has 1 N–H and O–H groups in total. The van der Waals surface area contributed by atoms with Gasteiger partial charge in [0.15, 0.2) is 5.96 Å². The number of guanidine groups is 1. The van der Waals surface area contributed by atoms with Gasteiger partial charge in [-0.1, -0.05) is 13.0 Å². The van der Waals surface area contributed by atoms with Crippen molar-refractivity contribution < 1.29 is 0 Å². The number of aromatic nitrogens is 2. The van der Waals surface area contributed by atoms with E-state index in [0.29, 0.717) is 6.54 Å². The molecule has 0 aliphatic carbocycles. The Morgan fingerprint density at radius 3 is 2.61 bits per heavy atom. The molecule has 0 atom stereocenters. The van der Waals surface area contributed by atoms with E-state index in [1.807, 2.05) is 13.2 Å². The number of anilines is 1. The Labute approximate surface area is 186 Å². The number of halogens is 1. The second kappa shape index (κ2) is 10.7. The molecule has 154 valence electrons. The minimum Gasteiger partial charge on any atom is -0.357 e. The average Bonchev–Trinajstić information content (AvgIpc) is 3.08. The maximum atomic E-state index is 4.68. The van der Waals surface area contributed by atoms with E-state index in [-0.39, 0.29) is 24.0 Å². The third-order valence-electron chi connectivity index (χ3n) is 5.39. The molecule has 0 aromatic carbocycles. The maximum Gasteiger partial charge on any atom is 0.194 e. The van der Waals surface area contributed by atoms with Gasteiger partial charge < -0.3 is 19.7 Å². The summed E-state index contributed by atoms with van der Waals surface area (Å²) in [6.45, 7) is 6.09. The standard InChI is InChI=1S/C21H32N6.HI/c1-17-9-12-27(13-10-17)20-8-7-18(14-23-20)15-24-21(22-2)26(4)16-19-6-5-11-25(19)3;/h5-8,11,14,17H,9-10,12-13,15-16H2,1-4H3,(H,22,24);1H. The predicted octanol–water partition coefficient (Wildman–Crippen LogP) is 3.48. The van der Waals surface area contributed by atoms with Crippen LogP contribution in [0.15, 0.2) is 41.7 Å². The van der Waals surface area contributed by atoms with Crippen LogP contribution in [-0.2, 0) is 20.1 Å². The third kappa shape index (κ3) is 5.86. The molecular weight excluding hydrogens is 463 g/mol. The first-order chi connectivity index (χ1) is 13.1. The molecule has 7 heteroatoms. The monoisotopic (exact) mass is 496 g/mol. The molecule has 3 heterocycles.